The highest BCUT2D eigenvalue weighted by Crippen LogP contribution is 2.43. The molecular weight excluding hydrogens is 576 g/mol. The van der Waals surface area contributed by atoms with Crippen LogP contribution in [-0.2, 0) is 25.4 Å². The molecular formula is C28H34O15. The fourth-order valence-corrected chi connectivity index (χ4v) is 5.14. The molecule has 43 heavy (non-hydrogen) atoms. The summed E-state index contributed by atoms with van der Waals surface area (Å²) in [5.41, 5.74) is 0.412. The van der Waals surface area contributed by atoms with E-state index in [0.717, 1.165) is 6.07 Å². The topological polar surface area (TPSA) is 248 Å². The van der Waals surface area contributed by atoms with E-state index in [1.54, 1.807) is 0 Å². The van der Waals surface area contributed by atoms with Gasteiger partial charge in [0.2, 0.25) is 6.29 Å². The molecule has 10 N–H and O–H groups in total. The van der Waals surface area contributed by atoms with E-state index in [1.165, 1.54) is 31.2 Å². The minimum absolute atomic E-state index is 0.0321. The normalized spacial score (nSPS) is 34.4. The van der Waals surface area contributed by atoms with Crippen LogP contribution in [0.1, 0.15) is 18.1 Å². The number of hydrogen-bond acceptors (Lipinski definition) is 15. The molecule has 3 aliphatic rings. The number of allylic oxidation sites excluding steroid dienone is 1. The predicted molar refractivity (Wildman–Crippen MR) is 142 cm³/mol. The lowest BCUT2D eigenvalue weighted by atomic mass is 9.96. The quantitative estimate of drug-likeness (QED) is 0.161. The maximum absolute atomic E-state index is 10.7. The van der Waals surface area contributed by atoms with Crippen molar-refractivity contribution >= 4 is 5.76 Å². The lowest BCUT2D eigenvalue weighted by Gasteiger charge is -2.41. The molecule has 0 bridgehead atoms. The molecule has 0 amide bonds. The number of phenols is 4. The molecule has 0 unspecified atom stereocenters. The van der Waals surface area contributed by atoms with E-state index < -0.39 is 72.7 Å². The van der Waals surface area contributed by atoms with Gasteiger partial charge in [-0.25, -0.2) is 0 Å². The van der Waals surface area contributed by atoms with Crippen molar-refractivity contribution in [2.24, 2.45) is 0 Å². The first-order valence-electron chi connectivity index (χ1n) is 13.5. The maximum Gasteiger partial charge on any atom is 0.228 e. The summed E-state index contributed by atoms with van der Waals surface area (Å²) in [4.78, 5) is 0. The van der Waals surface area contributed by atoms with Gasteiger partial charge in [0.05, 0.1) is 19.3 Å². The largest absolute Gasteiger partial charge is 0.508 e. The van der Waals surface area contributed by atoms with Crippen LogP contribution in [0.25, 0.3) is 5.76 Å². The van der Waals surface area contributed by atoms with Crippen LogP contribution in [0.2, 0.25) is 0 Å². The average Bonchev–Trinajstić information content (AvgIpc) is 2.97. The number of ether oxygens (including phenoxy) is 5. The van der Waals surface area contributed by atoms with Crippen LogP contribution >= 0.6 is 0 Å². The van der Waals surface area contributed by atoms with Gasteiger partial charge in [-0.3, -0.25) is 0 Å². The third-order valence-corrected chi connectivity index (χ3v) is 7.65. The van der Waals surface area contributed by atoms with Crippen LogP contribution in [0.15, 0.2) is 36.1 Å². The van der Waals surface area contributed by atoms with Crippen molar-refractivity contribution in [2.75, 3.05) is 13.2 Å². The molecule has 15 nitrogen and oxygen atoms in total. The molecule has 3 aliphatic heterocycles. The summed E-state index contributed by atoms with van der Waals surface area (Å²) >= 11 is 0. The molecule has 2 fully saturated rings. The molecule has 5 rings (SSSR count). The highest BCUT2D eigenvalue weighted by molar-refractivity contribution is 5.71. The summed E-state index contributed by atoms with van der Waals surface area (Å²) in [6, 6.07) is 6.10. The lowest BCUT2D eigenvalue weighted by molar-refractivity contribution is -0.296. The van der Waals surface area contributed by atoms with E-state index in [4.69, 9.17) is 23.7 Å². The van der Waals surface area contributed by atoms with Crippen molar-refractivity contribution in [3.63, 3.8) is 0 Å². The zero-order valence-electron chi connectivity index (χ0n) is 22.8. The van der Waals surface area contributed by atoms with Gasteiger partial charge in [-0.15, -0.1) is 0 Å². The van der Waals surface area contributed by atoms with Crippen molar-refractivity contribution < 1.29 is 74.7 Å². The smallest absolute Gasteiger partial charge is 0.228 e. The minimum Gasteiger partial charge on any atom is -0.508 e. The Bertz CT molecular complexity index is 1350. The van der Waals surface area contributed by atoms with Crippen LogP contribution in [-0.4, -0.2) is 126 Å². The summed E-state index contributed by atoms with van der Waals surface area (Å²) < 4.78 is 28.6. The van der Waals surface area contributed by atoms with Gasteiger partial charge in [-0.05, 0) is 25.1 Å². The maximum atomic E-state index is 10.7. The Morgan fingerprint density at radius 2 is 1.37 bits per heavy atom. The summed E-state index contributed by atoms with van der Waals surface area (Å²) in [5.74, 6) is -1.50. The van der Waals surface area contributed by atoms with Crippen LogP contribution in [0, 0.1) is 0 Å². The Kier molecular flexibility index (Phi) is 8.89. The first kappa shape index (κ1) is 31.1. The molecule has 0 aromatic heterocycles. The second-order valence-electron chi connectivity index (χ2n) is 10.7. The van der Waals surface area contributed by atoms with E-state index in [1.807, 2.05) is 0 Å². The van der Waals surface area contributed by atoms with Gasteiger partial charge in [0.15, 0.2) is 17.3 Å². The molecule has 2 aromatic carbocycles. The number of aliphatic hydroxyl groups is 6. The van der Waals surface area contributed by atoms with Gasteiger partial charge in [0, 0.05) is 29.7 Å². The number of rotatable bonds is 7. The molecule has 10 atom stereocenters. The van der Waals surface area contributed by atoms with Crippen LogP contribution < -0.4 is 4.74 Å². The molecule has 2 saturated heterocycles. The van der Waals surface area contributed by atoms with Gasteiger partial charge >= 0.3 is 0 Å². The Hall–Kier alpha value is -3.38. The highest BCUT2D eigenvalue weighted by Gasteiger charge is 2.47. The van der Waals surface area contributed by atoms with Crippen LogP contribution in [0.5, 0.6) is 28.7 Å². The number of aromatic hydroxyl groups is 4. The van der Waals surface area contributed by atoms with Crippen molar-refractivity contribution in [1.82, 2.24) is 0 Å². The standard InChI is InChI=1S/C28H34O15/c1-10-21(33)24(36)22(34)19(40-10)8-39-9-20-23(35)25(37)26(38)28(43-20)42-18-7-13-15(31)5-12(29)6-17(13)41-27(18)11-2-3-14(30)16(32)4-11/h2-6,10,19-26,28-38H,7-9H2,1H3/t10-,19-,20+,21-,22+,23-,24-,25-,26-,28+/m0/s1. The minimum atomic E-state index is -1.77. The first-order valence-corrected chi connectivity index (χ1v) is 13.5. The Labute approximate surface area is 244 Å². The predicted octanol–water partition coefficient (Wildman–Crippen LogP) is -1.48. The SMILES string of the molecule is C[C@@H]1O[C@@H](COC[C@H]2O[C@@H](OC3=C(c4ccc(O)c(O)c4)Oc4cc(O)cc(O)c4C3)[C@@H](O)[C@@H](O)[C@H]2O)[C@@H](O)[C@@H](O)[C@H]1O. The summed E-state index contributed by atoms with van der Waals surface area (Å²) in [5, 5.41) is 102. The van der Waals surface area contributed by atoms with Crippen LogP contribution in [0.3, 0.4) is 0 Å². The Morgan fingerprint density at radius 1 is 0.721 bits per heavy atom. The second-order valence-corrected chi connectivity index (χ2v) is 10.7. The van der Waals surface area contributed by atoms with Crippen molar-refractivity contribution in [2.45, 2.75) is 74.6 Å². The van der Waals surface area contributed by atoms with Gasteiger partial charge in [0.25, 0.3) is 0 Å². The van der Waals surface area contributed by atoms with Crippen LogP contribution in [0.4, 0.5) is 0 Å². The molecule has 0 aliphatic carbocycles. The van der Waals surface area contributed by atoms with Gasteiger partial charge in [0.1, 0.15) is 71.8 Å². The summed E-state index contributed by atoms with van der Waals surface area (Å²) in [7, 11) is 0. The number of hydrogen-bond donors (Lipinski definition) is 10. The van der Waals surface area contributed by atoms with E-state index >= 15 is 0 Å². The molecule has 236 valence electrons. The van der Waals surface area contributed by atoms with Gasteiger partial charge in [-0.1, -0.05) is 0 Å². The van der Waals surface area contributed by atoms with Crippen molar-refractivity contribution in [3.05, 3.63) is 47.2 Å². The van der Waals surface area contributed by atoms with E-state index in [9.17, 15) is 51.1 Å². The number of phenolic OH excluding ortho intramolecular Hbond substituents is 4. The van der Waals surface area contributed by atoms with Gasteiger partial charge in [-0.2, -0.15) is 0 Å². The molecule has 0 spiro atoms. The van der Waals surface area contributed by atoms with E-state index in [-0.39, 0.29) is 59.5 Å². The third kappa shape index (κ3) is 6.17. The fourth-order valence-electron chi connectivity index (χ4n) is 5.14. The zero-order valence-corrected chi connectivity index (χ0v) is 22.8. The lowest BCUT2D eigenvalue weighted by Crippen LogP contribution is -2.60. The number of fused-ring (bicyclic) bond motifs is 1. The highest BCUT2D eigenvalue weighted by atomic mass is 16.7. The van der Waals surface area contributed by atoms with E-state index in [2.05, 4.69) is 0 Å². The second kappa shape index (κ2) is 12.3. The average molecular weight is 611 g/mol. The van der Waals surface area contributed by atoms with E-state index in [0.29, 0.717) is 0 Å². The molecule has 3 heterocycles. The summed E-state index contributed by atoms with van der Waals surface area (Å²) in [6.07, 6.45) is -14.2. The van der Waals surface area contributed by atoms with Crippen molar-refractivity contribution in [3.8, 4) is 28.7 Å². The van der Waals surface area contributed by atoms with Crippen molar-refractivity contribution in [1.29, 1.82) is 0 Å². The summed E-state index contributed by atoms with van der Waals surface area (Å²) in [6.45, 7) is 0.864. The molecule has 15 heteroatoms. The molecule has 2 aromatic rings. The third-order valence-electron chi connectivity index (χ3n) is 7.65. The molecule has 0 radical (unpaired) electrons. The number of aliphatic hydroxyl groups excluding tert-OH is 6. The Morgan fingerprint density at radius 3 is 2.05 bits per heavy atom. The first-order chi connectivity index (χ1) is 20.3. The number of benzene rings is 2. The monoisotopic (exact) mass is 610 g/mol. The zero-order chi connectivity index (χ0) is 31.2. The van der Waals surface area contributed by atoms with Gasteiger partial charge < -0.3 is 74.7 Å². The Balaban J connectivity index is 1.35. The fraction of sp³-hybridized carbons (Fsp3) is 0.500. The molecule has 0 saturated carbocycles.